The number of carbonyl (C=O) groups is 1. The van der Waals surface area contributed by atoms with Gasteiger partial charge in [-0.1, -0.05) is 22.0 Å². The molecule has 1 atom stereocenters. The predicted molar refractivity (Wildman–Crippen MR) is 76.1 cm³/mol. The number of nitrogens with one attached hydrogen (secondary N) is 1. The van der Waals surface area contributed by atoms with Gasteiger partial charge in [0.2, 0.25) is 5.91 Å². The fourth-order valence-corrected chi connectivity index (χ4v) is 2.10. The van der Waals surface area contributed by atoms with Crippen molar-refractivity contribution in [2.45, 2.75) is 38.3 Å². The summed E-state index contributed by atoms with van der Waals surface area (Å²) in [7, 11) is 0. The molecule has 0 heterocycles. The van der Waals surface area contributed by atoms with Gasteiger partial charge < -0.3 is 15.2 Å². The lowest BCUT2D eigenvalue weighted by molar-refractivity contribution is -0.121. The Labute approximate surface area is 121 Å². The molecule has 1 aliphatic rings. The molecule has 0 saturated heterocycles. The summed E-state index contributed by atoms with van der Waals surface area (Å²) < 4.78 is 6.48. The Morgan fingerprint density at radius 2 is 2.32 bits per heavy atom. The standard InChI is InChI=1S/C14H18BrNO3/c1-9(17)12-5-2-10(15)8-13(12)19-7-6-14(18)16-11-3-4-11/h2,5,8-9,11,17H,3-4,6-7H2,1H3,(H,16,18). The highest BCUT2D eigenvalue weighted by atomic mass is 79.9. The van der Waals surface area contributed by atoms with E-state index < -0.39 is 6.10 Å². The molecule has 2 rings (SSSR count). The van der Waals surface area contributed by atoms with Crippen LogP contribution in [-0.2, 0) is 4.79 Å². The summed E-state index contributed by atoms with van der Waals surface area (Å²) in [6.45, 7) is 2.00. The van der Waals surface area contributed by atoms with Crippen LogP contribution >= 0.6 is 15.9 Å². The molecule has 1 saturated carbocycles. The maximum atomic E-state index is 11.5. The molecule has 0 aromatic heterocycles. The maximum Gasteiger partial charge on any atom is 0.223 e. The van der Waals surface area contributed by atoms with Crippen LogP contribution < -0.4 is 10.1 Å². The van der Waals surface area contributed by atoms with Crippen LogP contribution in [0.2, 0.25) is 0 Å². The zero-order valence-electron chi connectivity index (χ0n) is 10.9. The van der Waals surface area contributed by atoms with Gasteiger partial charge in [0.1, 0.15) is 5.75 Å². The number of carbonyl (C=O) groups excluding carboxylic acids is 1. The van der Waals surface area contributed by atoms with Crippen LogP contribution in [0.1, 0.15) is 37.9 Å². The van der Waals surface area contributed by atoms with Gasteiger partial charge in [0, 0.05) is 16.1 Å². The lowest BCUT2D eigenvalue weighted by atomic mass is 10.1. The van der Waals surface area contributed by atoms with E-state index in [9.17, 15) is 9.90 Å². The molecule has 0 bridgehead atoms. The van der Waals surface area contributed by atoms with Crippen molar-refractivity contribution in [3.8, 4) is 5.75 Å². The average Bonchev–Trinajstić information content (AvgIpc) is 3.12. The van der Waals surface area contributed by atoms with Crippen molar-refractivity contribution in [3.05, 3.63) is 28.2 Å². The van der Waals surface area contributed by atoms with Crippen molar-refractivity contribution in [2.75, 3.05) is 6.61 Å². The number of rotatable bonds is 6. The summed E-state index contributed by atoms with van der Waals surface area (Å²) in [6, 6.07) is 5.86. The molecule has 1 aromatic carbocycles. The van der Waals surface area contributed by atoms with E-state index in [-0.39, 0.29) is 5.91 Å². The first kappa shape index (κ1) is 14.3. The second-order valence-corrected chi connectivity index (χ2v) is 5.71. The van der Waals surface area contributed by atoms with E-state index in [1.165, 1.54) is 0 Å². The minimum absolute atomic E-state index is 0.0242. The van der Waals surface area contributed by atoms with E-state index >= 15 is 0 Å². The molecule has 5 heteroatoms. The summed E-state index contributed by atoms with van der Waals surface area (Å²) in [4.78, 5) is 11.5. The van der Waals surface area contributed by atoms with Crippen LogP contribution in [-0.4, -0.2) is 23.7 Å². The molecule has 1 fully saturated rings. The zero-order valence-corrected chi connectivity index (χ0v) is 12.4. The van der Waals surface area contributed by atoms with Crippen molar-refractivity contribution in [3.63, 3.8) is 0 Å². The normalized spacial score (nSPS) is 15.9. The molecule has 2 N–H and O–H groups in total. The summed E-state index contributed by atoms with van der Waals surface area (Å²) in [5.41, 5.74) is 0.728. The quantitative estimate of drug-likeness (QED) is 0.844. The Balaban J connectivity index is 1.87. The van der Waals surface area contributed by atoms with Gasteiger partial charge in [-0.2, -0.15) is 0 Å². The van der Waals surface area contributed by atoms with E-state index in [1.807, 2.05) is 12.1 Å². The first-order valence-electron chi connectivity index (χ1n) is 6.46. The van der Waals surface area contributed by atoms with Gasteiger partial charge in [-0.25, -0.2) is 0 Å². The highest BCUT2D eigenvalue weighted by Crippen LogP contribution is 2.28. The fraction of sp³-hybridized carbons (Fsp3) is 0.500. The molecule has 19 heavy (non-hydrogen) atoms. The largest absolute Gasteiger partial charge is 0.493 e. The Bertz CT molecular complexity index is 458. The molecular weight excluding hydrogens is 310 g/mol. The van der Waals surface area contributed by atoms with Crippen molar-refractivity contribution >= 4 is 21.8 Å². The second-order valence-electron chi connectivity index (χ2n) is 4.80. The zero-order chi connectivity index (χ0) is 13.8. The van der Waals surface area contributed by atoms with Gasteiger partial charge in [-0.05, 0) is 31.9 Å². The lowest BCUT2D eigenvalue weighted by Gasteiger charge is -2.13. The number of halogens is 1. The third kappa shape index (κ3) is 4.51. The highest BCUT2D eigenvalue weighted by Gasteiger charge is 2.22. The molecule has 1 unspecified atom stereocenters. The van der Waals surface area contributed by atoms with Crippen molar-refractivity contribution in [1.29, 1.82) is 0 Å². The molecule has 1 aromatic rings. The number of hydrogen-bond acceptors (Lipinski definition) is 3. The molecule has 0 spiro atoms. The second kappa shape index (κ2) is 6.39. The van der Waals surface area contributed by atoms with Crippen LogP contribution in [0.25, 0.3) is 0 Å². The van der Waals surface area contributed by atoms with Crippen LogP contribution in [0, 0.1) is 0 Å². The SMILES string of the molecule is CC(O)c1ccc(Br)cc1OCCC(=O)NC1CC1. The van der Waals surface area contributed by atoms with Gasteiger partial charge in [0.05, 0.1) is 19.1 Å². The van der Waals surface area contributed by atoms with Gasteiger partial charge in [0.25, 0.3) is 0 Å². The van der Waals surface area contributed by atoms with E-state index in [0.717, 1.165) is 22.9 Å². The molecular formula is C14H18BrNO3. The van der Waals surface area contributed by atoms with Crippen molar-refractivity contribution in [2.24, 2.45) is 0 Å². The summed E-state index contributed by atoms with van der Waals surface area (Å²) >= 11 is 3.37. The summed E-state index contributed by atoms with van der Waals surface area (Å²) in [5.74, 6) is 0.639. The van der Waals surface area contributed by atoms with Crippen LogP contribution in [0.15, 0.2) is 22.7 Å². The summed E-state index contributed by atoms with van der Waals surface area (Å²) in [6.07, 6.45) is 1.92. The smallest absolute Gasteiger partial charge is 0.223 e. The Morgan fingerprint density at radius 1 is 1.58 bits per heavy atom. The number of aliphatic hydroxyl groups is 1. The summed E-state index contributed by atoms with van der Waals surface area (Å²) in [5, 5.41) is 12.6. The molecule has 0 aliphatic heterocycles. The molecule has 0 radical (unpaired) electrons. The average molecular weight is 328 g/mol. The lowest BCUT2D eigenvalue weighted by Crippen LogP contribution is -2.26. The predicted octanol–water partition coefficient (Wildman–Crippen LogP) is 2.55. The van der Waals surface area contributed by atoms with E-state index in [1.54, 1.807) is 13.0 Å². The monoisotopic (exact) mass is 327 g/mol. The third-order valence-electron chi connectivity index (χ3n) is 2.95. The Morgan fingerprint density at radius 3 is 2.95 bits per heavy atom. The number of benzene rings is 1. The topological polar surface area (TPSA) is 58.6 Å². The fourth-order valence-electron chi connectivity index (χ4n) is 1.76. The van der Waals surface area contributed by atoms with Gasteiger partial charge in [-0.15, -0.1) is 0 Å². The van der Waals surface area contributed by atoms with Crippen LogP contribution in [0.3, 0.4) is 0 Å². The van der Waals surface area contributed by atoms with Crippen LogP contribution in [0.4, 0.5) is 0 Å². The van der Waals surface area contributed by atoms with Gasteiger partial charge in [0.15, 0.2) is 0 Å². The molecule has 1 amide bonds. The molecule has 1 aliphatic carbocycles. The number of amides is 1. The third-order valence-corrected chi connectivity index (χ3v) is 3.45. The minimum atomic E-state index is -0.594. The minimum Gasteiger partial charge on any atom is -0.493 e. The van der Waals surface area contributed by atoms with Crippen LogP contribution in [0.5, 0.6) is 5.75 Å². The van der Waals surface area contributed by atoms with Crippen molar-refractivity contribution in [1.82, 2.24) is 5.32 Å². The Hall–Kier alpha value is -1.07. The Kier molecular flexibility index (Phi) is 4.82. The number of aliphatic hydroxyl groups excluding tert-OH is 1. The van der Waals surface area contributed by atoms with Gasteiger partial charge >= 0.3 is 0 Å². The number of ether oxygens (including phenoxy) is 1. The molecule has 4 nitrogen and oxygen atoms in total. The van der Waals surface area contributed by atoms with E-state index in [4.69, 9.17) is 4.74 Å². The molecule has 104 valence electrons. The van der Waals surface area contributed by atoms with E-state index in [2.05, 4.69) is 21.2 Å². The first-order valence-corrected chi connectivity index (χ1v) is 7.25. The highest BCUT2D eigenvalue weighted by molar-refractivity contribution is 9.10. The maximum absolute atomic E-state index is 11.5. The first-order chi connectivity index (χ1) is 9.06. The number of hydrogen-bond donors (Lipinski definition) is 2. The van der Waals surface area contributed by atoms with E-state index in [0.29, 0.717) is 24.8 Å². The van der Waals surface area contributed by atoms with Gasteiger partial charge in [-0.3, -0.25) is 4.79 Å². The van der Waals surface area contributed by atoms with Crippen molar-refractivity contribution < 1.29 is 14.6 Å².